The van der Waals surface area contributed by atoms with E-state index in [4.69, 9.17) is 4.74 Å². The van der Waals surface area contributed by atoms with Crippen LogP contribution < -0.4 is 10.6 Å². The molecule has 0 radical (unpaired) electrons. The third-order valence-corrected chi connectivity index (χ3v) is 5.96. The molecule has 0 spiro atoms. The molecule has 1 aliphatic rings. The molecule has 1 amide bonds. The number of rotatable bonds is 7. The van der Waals surface area contributed by atoms with E-state index in [0.717, 1.165) is 41.8 Å². The minimum Gasteiger partial charge on any atom is -0.508 e. The number of hydrogen-bond acceptors (Lipinski definition) is 7. The van der Waals surface area contributed by atoms with Gasteiger partial charge in [0.05, 0.1) is 5.69 Å². The number of phenolic OH excluding ortho intramolecular Hbond substituents is 1. The molecule has 3 aromatic rings. The zero-order valence-electron chi connectivity index (χ0n) is 21.2. The number of ether oxygens (including phenoxy) is 1. The minimum absolute atomic E-state index is 0.237. The molecule has 8 heteroatoms. The SMILES string of the molecule is CC(C)(C)OC(=O)N1CCC(Nc2cccc(-c3ccnc(NCCc4ccc(O)cc4)n3)c2)CC1. The monoisotopic (exact) mass is 489 g/mol. The summed E-state index contributed by atoms with van der Waals surface area (Å²) in [6.45, 7) is 7.72. The maximum absolute atomic E-state index is 12.3. The zero-order chi connectivity index (χ0) is 25.5. The highest BCUT2D eigenvalue weighted by Crippen LogP contribution is 2.24. The van der Waals surface area contributed by atoms with Gasteiger partial charge in [0.1, 0.15) is 11.4 Å². The summed E-state index contributed by atoms with van der Waals surface area (Å²) in [7, 11) is 0. The Morgan fingerprint density at radius 3 is 2.58 bits per heavy atom. The Labute approximate surface area is 212 Å². The first kappa shape index (κ1) is 25.3. The lowest BCUT2D eigenvalue weighted by Crippen LogP contribution is -2.44. The maximum atomic E-state index is 12.3. The molecule has 2 heterocycles. The van der Waals surface area contributed by atoms with Gasteiger partial charge in [-0.15, -0.1) is 0 Å². The first-order chi connectivity index (χ1) is 17.2. The van der Waals surface area contributed by atoms with Crippen molar-refractivity contribution in [3.63, 3.8) is 0 Å². The van der Waals surface area contributed by atoms with Gasteiger partial charge in [-0.25, -0.2) is 14.8 Å². The van der Waals surface area contributed by atoms with Crippen LogP contribution in [0.2, 0.25) is 0 Å². The predicted molar refractivity (Wildman–Crippen MR) is 142 cm³/mol. The Morgan fingerprint density at radius 2 is 1.86 bits per heavy atom. The molecule has 1 aliphatic heterocycles. The predicted octanol–water partition coefficient (Wildman–Crippen LogP) is 5.32. The molecule has 0 aliphatic carbocycles. The Hall–Kier alpha value is -3.81. The van der Waals surface area contributed by atoms with Crippen LogP contribution >= 0.6 is 0 Å². The lowest BCUT2D eigenvalue weighted by molar-refractivity contribution is 0.0210. The second kappa shape index (κ2) is 11.3. The smallest absolute Gasteiger partial charge is 0.410 e. The van der Waals surface area contributed by atoms with E-state index < -0.39 is 5.60 Å². The lowest BCUT2D eigenvalue weighted by atomic mass is 10.0. The van der Waals surface area contributed by atoms with Gasteiger partial charge < -0.3 is 25.4 Å². The number of nitrogens with one attached hydrogen (secondary N) is 2. The van der Waals surface area contributed by atoms with E-state index >= 15 is 0 Å². The van der Waals surface area contributed by atoms with Crippen molar-refractivity contribution >= 4 is 17.7 Å². The molecular formula is C28H35N5O3. The molecule has 3 N–H and O–H groups in total. The molecule has 2 aromatic carbocycles. The van der Waals surface area contributed by atoms with Gasteiger partial charge in [-0.05, 0) is 75.9 Å². The van der Waals surface area contributed by atoms with Gasteiger partial charge in [0, 0.05) is 43.1 Å². The number of hydrogen-bond donors (Lipinski definition) is 3. The number of piperidine rings is 1. The Bertz CT molecular complexity index is 1150. The van der Waals surface area contributed by atoms with Crippen LogP contribution in [0.25, 0.3) is 11.3 Å². The Kier molecular flexibility index (Phi) is 7.93. The van der Waals surface area contributed by atoms with Crippen molar-refractivity contribution in [1.82, 2.24) is 14.9 Å². The van der Waals surface area contributed by atoms with Crippen molar-refractivity contribution < 1.29 is 14.6 Å². The van der Waals surface area contributed by atoms with E-state index in [9.17, 15) is 9.90 Å². The first-order valence-electron chi connectivity index (χ1n) is 12.4. The van der Waals surface area contributed by atoms with Crippen molar-refractivity contribution in [2.45, 2.75) is 51.7 Å². The van der Waals surface area contributed by atoms with Crippen molar-refractivity contribution in [3.8, 4) is 17.0 Å². The molecule has 1 saturated heterocycles. The number of aromatic hydroxyl groups is 1. The van der Waals surface area contributed by atoms with E-state index in [0.29, 0.717) is 31.6 Å². The quantitative estimate of drug-likeness (QED) is 0.413. The first-order valence-corrected chi connectivity index (χ1v) is 12.4. The molecule has 0 atom stereocenters. The summed E-state index contributed by atoms with van der Waals surface area (Å²) in [4.78, 5) is 23.1. The summed E-state index contributed by atoms with van der Waals surface area (Å²) in [6, 6.07) is 17.6. The molecule has 190 valence electrons. The number of amides is 1. The number of likely N-dealkylation sites (tertiary alicyclic amines) is 1. The van der Waals surface area contributed by atoms with Crippen LogP contribution in [0.5, 0.6) is 5.75 Å². The van der Waals surface area contributed by atoms with Crippen LogP contribution in [0.3, 0.4) is 0 Å². The highest BCUT2D eigenvalue weighted by atomic mass is 16.6. The Morgan fingerprint density at radius 1 is 1.11 bits per heavy atom. The van der Waals surface area contributed by atoms with Crippen molar-refractivity contribution in [2.24, 2.45) is 0 Å². The number of carbonyl (C=O) groups is 1. The topological polar surface area (TPSA) is 99.6 Å². The van der Waals surface area contributed by atoms with E-state index in [-0.39, 0.29) is 11.8 Å². The summed E-state index contributed by atoms with van der Waals surface area (Å²) in [5.74, 6) is 0.852. The zero-order valence-corrected chi connectivity index (χ0v) is 21.2. The largest absolute Gasteiger partial charge is 0.508 e. The lowest BCUT2D eigenvalue weighted by Gasteiger charge is -2.34. The van der Waals surface area contributed by atoms with Gasteiger partial charge in [0.15, 0.2) is 0 Å². The molecule has 1 aromatic heterocycles. The van der Waals surface area contributed by atoms with Gasteiger partial charge in [-0.3, -0.25) is 0 Å². The molecule has 0 bridgehead atoms. The van der Waals surface area contributed by atoms with Crippen molar-refractivity contribution in [2.75, 3.05) is 30.3 Å². The molecule has 4 rings (SSSR count). The average molecular weight is 490 g/mol. The van der Waals surface area contributed by atoms with Crippen LogP contribution in [-0.4, -0.2) is 57.3 Å². The standard InChI is InChI=1S/C28H35N5O3/c1-28(2,3)36-27(35)33-17-13-22(14-18-33)31-23-6-4-5-21(19-23)25-12-16-30-26(32-25)29-15-11-20-7-9-24(34)10-8-20/h4-10,12,16,19,22,31,34H,11,13-15,17-18H2,1-3H3,(H,29,30,32). The van der Waals surface area contributed by atoms with Crippen molar-refractivity contribution in [1.29, 1.82) is 0 Å². The maximum Gasteiger partial charge on any atom is 0.410 e. The van der Waals surface area contributed by atoms with Crippen molar-refractivity contribution in [3.05, 3.63) is 66.4 Å². The molecular weight excluding hydrogens is 454 g/mol. The number of benzene rings is 2. The number of anilines is 2. The van der Waals surface area contributed by atoms with E-state index in [1.807, 2.05) is 51.1 Å². The minimum atomic E-state index is -0.476. The second-order valence-electron chi connectivity index (χ2n) is 10.1. The third-order valence-electron chi connectivity index (χ3n) is 5.96. The number of aromatic nitrogens is 2. The molecule has 0 unspecified atom stereocenters. The van der Waals surface area contributed by atoms with Crippen LogP contribution in [0, 0.1) is 0 Å². The highest BCUT2D eigenvalue weighted by Gasteiger charge is 2.26. The molecule has 0 saturated carbocycles. The van der Waals surface area contributed by atoms with Crippen LogP contribution in [-0.2, 0) is 11.2 Å². The number of nitrogens with zero attached hydrogens (tertiary/aromatic N) is 3. The van der Waals surface area contributed by atoms with Gasteiger partial charge >= 0.3 is 6.09 Å². The molecule has 8 nitrogen and oxygen atoms in total. The second-order valence-corrected chi connectivity index (χ2v) is 10.1. The van der Waals surface area contributed by atoms with Gasteiger partial charge in [0.25, 0.3) is 0 Å². The fourth-order valence-corrected chi connectivity index (χ4v) is 4.12. The number of carbonyl (C=O) groups excluding carboxylic acids is 1. The third kappa shape index (κ3) is 7.34. The summed E-state index contributed by atoms with van der Waals surface area (Å²) in [5, 5.41) is 16.3. The van der Waals surface area contributed by atoms with Gasteiger partial charge in [-0.2, -0.15) is 0 Å². The highest BCUT2D eigenvalue weighted by molar-refractivity contribution is 5.68. The summed E-state index contributed by atoms with van der Waals surface area (Å²) in [6.07, 6.45) is 4.06. The number of phenols is 1. The van der Waals surface area contributed by atoms with E-state index in [1.54, 1.807) is 23.2 Å². The molecule has 36 heavy (non-hydrogen) atoms. The van der Waals surface area contributed by atoms with Gasteiger partial charge in [0.2, 0.25) is 5.95 Å². The fourth-order valence-electron chi connectivity index (χ4n) is 4.12. The Balaban J connectivity index is 1.31. The fraction of sp³-hybridized carbons (Fsp3) is 0.393. The summed E-state index contributed by atoms with van der Waals surface area (Å²) < 4.78 is 5.50. The summed E-state index contributed by atoms with van der Waals surface area (Å²) >= 11 is 0. The average Bonchev–Trinajstić information content (AvgIpc) is 2.85. The van der Waals surface area contributed by atoms with Crippen LogP contribution in [0.15, 0.2) is 60.8 Å². The summed E-state index contributed by atoms with van der Waals surface area (Å²) in [5.41, 5.74) is 3.54. The van der Waals surface area contributed by atoms with Gasteiger partial charge in [-0.1, -0.05) is 24.3 Å². The van der Waals surface area contributed by atoms with Crippen LogP contribution in [0.4, 0.5) is 16.4 Å². The van der Waals surface area contributed by atoms with E-state index in [1.165, 1.54) is 0 Å². The van der Waals surface area contributed by atoms with Crippen LogP contribution in [0.1, 0.15) is 39.2 Å². The molecule has 1 fully saturated rings. The van der Waals surface area contributed by atoms with E-state index in [2.05, 4.69) is 32.7 Å². The normalized spacial score (nSPS) is 14.4.